The van der Waals surface area contributed by atoms with E-state index in [1.807, 2.05) is 20.7 Å². The Morgan fingerprint density at radius 2 is 2.12 bits per heavy atom. The average molecular weight is 147 g/mol. The molecule has 0 bridgehead atoms. The van der Waals surface area contributed by atoms with Crippen LogP contribution in [0.1, 0.15) is 17.9 Å². The molecule has 8 heavy (non-hydrogen) atoms. The van der Waals surface area contributed by atoms with Crippen molar-refractivity contribution in [2.24, 2.45) is 0 Å². The maximum absolute atomic E-state index is 2.18. The van der Waals surface area contributed by atoms with Gasteiger partial charge in [-0.25, -0.2) is 0 Å². The average Bonchev–Trinajstić information content (AvgIpc) is 1.91. The summed E-state index contributed by atoms with van der Waals surface area (Å²) in [6.45, 7) is 4.29. The van der Waals surface area contributed by atoms with Crippen molar-refractivity contribution in [3.8, 4) is 0 Å². The Bertz CT molecular complexity index is 139. The van der Waals surface area contributed by atoms with Gasteiger partial charge in [0, 0.05) is 5.56 Å². The van der Waals surface area contributed by atoms with Crippen LogP contribution in [-0.2, 0) is 0 Å². The number of rotatable bonds is 0. The maximum atomic E-state index is 2.18. The Kier molecular flexibility index (Phi) is 3.17. The molecule has 46 valence electrons. The van der Waals surface area contributed by atoms with Gasteiger partial charge in [-0.05, 0) is 13.8 Å². The molecule has 0 atom stereocenters. The smallest absolute Gasteiger partial charge is 0.0776 e. The summed E-state index contributed by atoms with van der Waals surface area (Å²) in [5.74, 6) is 0. The van der Waals surface area contributed by atoms with Crippen LogP contribution >= 0.6 is 20.7 Å². The predicted molar refractivity (Wildman–Crippen MR) is 42.8 cm³/mol. The highest BCUT2D eigenvalue weighted by Crippen LogP contribution is 2.18. The number of aryl methyl sites for hydroxylation is 2. The van der Waals surface area contributed by atoms with Gasteiger partial charge in [0.25, 0.3) is 10.3 Å². The fourth-order valence-corrected chi connectivity index (χ4v) is 2.50. The number of hydrogen-bond acceptors (Lipinski definition) is 1. The van der Waals surface area contributed by atoms with Gasteiger partial charge in [-0.3, -0.25) is 0 Å². The zero-order valence-corrected chi connectivity index (χ0v) is 6.03. The minimum absolute atomic E-state index is 0. The van der Waals surface area contributed by atoms with E-state index < -0.39 is 0 Å². The molecule has 0 aliphatic rings. The first-order chi connectivity index (χ1) is 3.30. The molecule has 0 fully saturated rings. The second-order valence-electron chi connectivity index (χ2n) is 1.54. The van der Waals surface area contributed by atoms with Crippen molar-refractivity contribution in [1.29, 1.82) is 0 Å². The lowest BCUT2D eigenvalue weighted by Crippen LogP contribution is -1.61. The first kappa shape index (κ1) is 8.05. The quantitative estimate of drug-likeness (QED) is 0.390. The fraction of sp³-hybridized carbons (Fsp3) is 0.500. The Labute approximate surface area is 58.2 Å². The second kappa shape index (κ2) is 3.15. The lowest BCUT2D eigenvalue weighted by Gasteiger charge is -1.71. The summed E-state index contributed by atoms with van der Waals surface area (Å²) < 4.78 is 0. The van der Waals surface area contributed by atoms with Crippen LogP contribution in [0.5, 0.6) is 0 Å². The molecule has 0 N–H and O–H groups in total. The van der Waals surface area contributed by atoms with E-state index in [1.165, 1.54) is 10.4 Å². The Hall–Kier alpha value is 0.0500. The summed E-state index contributed by atoms with van der Waals surface area (Å²) in [7, 11) is 3.65. The topological polar surface area (TPSA) is 0 Å². The first-order valence-electron chi connectivity index (χ1n) is 2.15. The van der Waals surface area contributed by atoms with Crippen LogP contribution in [0.3, 0.4) is 0 Å². The van der Waals surface area contributed by atoms with E-state index in [2.05, 4.69) is 19.2 Å². The van der Waals surface area contributed by atoms with Crippen LogP contribution in [0.15, 0.2) is 5.38 Å². The van der Waals surface area contributed by atoms with Gasteiger partial charge in [-0.1, -0.05) is 7.43 Å². The molecule has 1 heterocycles. The molecule has 0 radical (unpaired) electrons. The van der Waals surface area contributed by atoms with Gasteiger partial charge in [0.2, 0.25) is 5.38 Å². The zero-order valence-electron chi connectivity index (χ0n) is 4.39. The fourth-order valence-electron chi connectivity index (χ4n) is 0.317. The van der Waals surface area contributed by atoms with Crippen LogP contribution in [0.25, 0.3) is 0 Å². The third-order valence-electron chi connectivity index (χ3n) is 0.953. The lowest BCUT2D eigenvalue weighted by atomic mass is 10.4. The van der Waals surface area contributed by atoms with E-state index in [9.17, 15) is 0 Å². The molecule has 0 saturated heterocycles. The van der Waals surface area contributed by atoms with Crippen molar-refractivity contribution in [1.82, 2.24) is 0 Å². The molecule has 1 aromatic heterocycles. The maximum Gasteiger partial charge on any atom is 0.292 e. The zero-order chi connectivity index (χ0) is 5.28. The van der Waals surface area contributed by atoms with E-state index in [1.54, 1.807) is 0 Å². The van der Waals surface area contributed by atoms with E-state index in [0.717, 1.165) is 0 Å². The standard InChI is InChI=1S/C5H7S2.CH4/c1-4-3-6-7-5(4)2;/h3H,1-2H3;1H4/q+1;. The normalized spacial score (nSPS) is 8.25. The van der Waals surface area contributed by atoms with Crippen molar-refractivity contribution >= 4 is 20.7 Å². The first-order valence-corrected chi connectivity index (χ1v) is 4.36. The Balaban J connectivity index is 0.000000490. The molecule has 0 amide bonds. The predicted octanol–water partition coefficient (Wildman–Crippen LogP) is 3.34. The summed E-state index contributed by atoms with van der Waals surface area (Å²) in [5, 5.41) is 2.18. The summed E-state index contributed by atoms with van der Waals surface area (Å²) in [6, 6.07) is 0. The van der Waals surface area contributed by atoms with Gasteiger partial charge in [0.1, 0.15) is 0 Å². The molecular weight excluding hydrogens is 136 g/mol. The molecule has 1 rings (SSSR count). The lowest BCUT2D eigenvalue weighted by molar-refractivity contribution is 1.45. The summed E-state index contributed by atoms with van der Waals surface area (Å²) >= 11 is 0. The second-order valence-corrected chi connectivity index (χ2v) is 3.82. The molecule has 0 nitrogen and oxygen atoms in total. The summed E-state index contributed by atoms with van der Waals surface area (Å²) in [4.78, 5) is 1.45. The van der Waals surface area contributed by atoms with Gasteiger partial charge in [-0.2, -0.15) is 0 Å². The third kappa shape index (κ3) is 1.53. The highest BCUT2D eigenvalue weighted by molar-refractivity contribution is 7.68. The van der Waals surface area contributed by atoms with Crippen LogP contribution in [-0.4, -0.2) is 0 Å². The minimum atomic E-state index is 0. The van der Waals surface area contributed by atoms with Crippen LogP contribution in [0, 0.1) is 13.8 Å². The molecule has 1 aromatic rings. The molecule has 0 saturated carbocycles. The third-order valence-corrected chi connectivity index (χ3v) is 3.40. The SMILES string of the molecule is C.Cc1c[s+]sc1C. The van der Waals surface area contributed by atoms with Gasteiger partial charge in [0.15, 0.2) is 10.3 Å². The van der Waals surface area contributed by atoms with E-state index in [-0.39, 0.29) is 7.43 Å². The van der Waals surface area contributed by atoms with Gasteiger partial charge < -0.3 is 0 Å². The monoisotopic (exact) mass is 147 g/mol. The molecule has 0 unspecified atom stereocenters. The molecule has 0 aliphatic heterocycles. The van der Waals surface area contributed by atoms with Gasteiger partial charge in [-0.15, -0.1) is 0 Å². The summed E-state index contributed by atoms with van der Waals surface area (Å²) in [5.41, 5.74) is 1.43. The van der Waals surface area contributed by atoms with Crippen molar-refractivity contribution in [3.63, 3.8) is 0 Å². The molecule has 0 aromatic carbocycles. The molecule has 0 aliphatic carbocycles. The van der Waals surface area contributed by atoms with E-state index in [4.69, 9.17) is 0 Å². The largest absolute Gasteiger partial charge is 0.292 e. The highest BCUT2D eigenvalue weighted by atomic mass is 32.9. The van der Waals surface area contributed by atoms with Gasteiger partial charge in [0.05, 0.1) is 4.88 Å². The van der Waals surface area contributed by atoms with Crippen LogP contribution in [0.4, 0.5) is 0 Å². The minimum Gasteiger partial charge on any atom is -0.0776 e. The molecular formula is C6H11S2+. The van der Waals surface area contributed by atoms with Crippen LogP contribution < -0.4 is 0 Å². The van der Waals surface area contributed by atoms with Gasteiger partial charge >= 0.3 is 0 Å². The Morgan fingerprint density at radius 3 is 2.25 bits per heavy atom. The van der Waals surface area contributed by atoms with Crippen molar-refractivity contribution in [2.75, 3.05) is 0 Å². The number of hydrogen-bond donors (Lipinski definition) is 0. The highest BCUT2D eigenvalue weighted by Gasteiger charge is 2.00. The van der Waals surface area contributed by atoms with Crippen molar-refractivity contribution < 1.29 is 0 Å². The van der Waals surface area contributed by atoms with Crippen LogP contribution in [0.2, 0.25) is 0 Å². The summed E-state index contributed by atoms with van der Waals surface area (Å²) in [6.07, 6.45) is 0. The Morgan fingerprint density at radius 1 is 1.50 bits per heavy atom. The van der Waals surface area contributed by atoms with E-state index in [0.29, 0.717) is 0 Å². The van der Waals surface area contributed by atoms with E-state index >= 15 is 0 Å². The van der Waals surface area contributed by atoms with Crippen molar-refractivity contribution in [3.05, 3.63) is 15.8 Å². The molecule has 0 spiro atoms. The van der Waals surface area contributed by atoms with Crippen molar-refractivity contribution in [2.45, 2.75) is 21.3 Å². The molecule has 2 heteroatoms.